The molecule has 0 amide bonds. The van der Waals surface area contributed by atoms with E-state index in [1.807, 2.05) is 19.9 Å². The minimum atomic E-state index is -3.49. The lowest BCUT2D eigenvalue weighted by atomic mass is 10.2. The van der Waals surface area contributed by atoms with E-state index in [9.17, 15) is 12.8 Å². The molecule has 10 heteroatoms. The number of nitrogens with one attached hydrogen (secondary N) is 3. The van der Waals surface area contributed by atoms with Gasteiger partial charge in [0.25, 0.3) is 0 Å². The summed E-state index contributed by atoms with van der Waals surface area (Å²) in [5, 5.41) is 6.33. The molecule has 7 nitrogen and oxygen atoms in total. The van der Waals surface area contributed by atoms with E-state index in [2.05, 4.69) is 20.3 Å². The average molecular weight is 550 g/mol. The van der Waals surface area contributed by atoms with Crippen molar-refractivity contribution < 1.29 is 17.5 Å². The predicted octanol–water partition coefficient (Wildman–Crippen LogP) is 2.87. The monoisotopic (exact) mass is 550 g/mol. The van der Waals surface area contributed by atoms with Crippen LogP contribution >= 0.6 is 24.0 Å². The van der Waals surface area contributed by atoms with E-state index in [0.717, 1.165) is 5.56 Å². The first kappa shape index (κ1) is 26.1. The number of halogens is 2. The Balaban J connectivity index is 0.00000450. The van der Waals surface area contributed by atoms with Gasteiger partial charge in [-0.1, -0.05) is 12.1 Å². The van der Waals surface area contributed by atoms with Crippen molar-refractivity contribution in [3.05, 3.63) is 59.9 Å². The molecule has 0 radical (unpaired) electrons. The van der Waals surface area contributed by atoms with Crippen LogP contribution in [0, 0.1) is 5.82 Å². The molecular weight excluding hydrogens is 522 g/mol. The summed E-state index contributed by atoms with van der Waals surface area (Å²) in [6.07, 6.45) is -0.173. The van der Waals surface area contributed by atoms with Crippen LogP contribution in [0.2, 0.25) is 0 Å². The molecule has 30 heavy (non-hydrogen) atoms. The summed E-state index contributed by atoms with van der Waals surface area (Å²) in [7, 11) is -2.12. The van der Waals surface area contributed by atoms with Crippen LogP contribution in [0.5, 0.6) is 5.75 Å². The summed E-state index contributed by atoms with van der Waals surface area (Å²) in [5.41, 5.74) is 0.772. The van der Waals surface area contributed by atoms with Gasteiger partial charge in [-0.3, -0.25) is 0 Å². The van der Waals surface area contributed by atoms with Gasteiger partial charge >= 0.3 is 0 Å². The van der Waals surface area contributed by atoms with Gasteiger partial charge in [-0.15, -0.1) is 24.0 Å². The molecule has 0 saturated carbocycles. The van der Waals surface area contributed by atoms with E-state index in [1.54, 1.807) is 24.3 Å². The largest absolute Gasteiger partial charge is 0.489 e. The van der Waals surface area contributed by atoms with Crippen LogP contribution in [-0.2, 0) is 16.6 Å². The Morgan fingerprint density at radius 3 is 2.50 bits per heavy atom. The maximum atomic E-state index is 13.0. The third-order valence-corrected chi connectivity index (χ3v) is 5.36. The first-order valence-electron chi connectivity index (χ1n) is 9.31. The highest BCUT2D eigenvalue weighted by molar-refractivity contribution is 14.0. The summed E-state index contributed by atoms with van der Waals surface area (Å²) in [6.45, 7) is 5.32. The number of sulfonamides is 1. The highest BCUT2D eigenvalue weighted by Gasteiger charge is 2.11. The normalized spacial score (nSPS) is 12.6. The molecule has 166 valence electrons. The van der Waals surface area contributed by atoms with Crippen molar-refractivity contribution in [1.82, 2.24) is 15.4 Å². The quantitative estimate of drug-likeness (QED) is 0.254. The molecule has 0 aliphatic heterocycles. The van der Waals surface area contributed by atoms with Gasteiger partial charge in [-0.05, 0) is 62.9 Å². The molecule has 0 saturated heterocycles. The van der Waals surface area contributed by atoms with Gasteiger partial charge in [0.2, 0.25) is 10.0 Å². The van der Waals surface area contributed by atoms with Crippen LogP contribution < -0.4 is 20.1 Å². The van der Waals surface area contributed by atoms with Crippen molar-refractivity contribution in [2.45, 2.75) is 31.4 Å². The van der Waals surface area contributed by atoms with Crippen LogP contribution in [0.4, 0.5) is 4.39 Å². The Kier molecular flexibility index (Phi) is 11.1. The second-order valence-electron chi connectivity index (χ2n) is 6.31. The molecule has 2 rings (SSSR count). The average Bonchev–Trinajstić information content (AvgIpc) is 2.72. The van der Waals surface area contributed by atoms with Crippen molar-refractivity contribution in [1.29, 1.82) is 0 Å². The Morgan fingerprint density at radius 2 is 1.87 bits per heavy atom. The van der Waals surface area contributed by atoms with Gasteiger partial charge in [0.05, 0.1) is 18.0 Å². The van der Waals surface area contributed by atoms with Crippen LogP contribution in [0.3, 0.4) is 0 Å². The summed E-state index contributed by atoms with van der Waals surface area (Å²) in [5.74, 6) is 0.866. The van der Waals surface area contributed by atoms with Crippen molar-refractivity contribution >= 4 is 40.0 Å². The van der Waals surface area contributed by atoms with Crippen molar-refractivity contribution in [3.63, 3.8) is 0 Å². The molecule has 0 bridgehead atoms. The second-order valence-corrected chi connectivity index (χ2v) is 8.20. The Labute approximate surface area is 194 Å². The van der Waals surface area contributed by atoms with Crippen molar-refractivity contribution in [2.24, 2.45) is 4.99 Å². The summed E-state index contributed by atoms with van der Waals surface area (Å²) in [4.78, 5) is 4.70. The molecule has 1 atom stereocenters. The minimum Gasteiger partial charge on any atom is -0.489 e. The predicted molar refractivity (Wildman–Crippen MR) is 127 cm³/mol. The molecule has 0 aliphatic carbocycles. The number of ether oxygens (including phenoxy) is 1. The number of hydrogen-bond acceptors (Lipinski definition) is 4. The van der Waals surface area contributed by atoms with Gasteiger partial charge < -0.3 is 15.4 Å². The minimum absolute atomic E-state index is 0. The van der Waals surface area contributed by atoms with Crippen molar-refractivity contribution in [2.75, 3.05) is 20.1 Å². The van der Waals surface area contributed by atoms with E-state index in [4.69, 9.17) is 4.74 Å². The zero-order chi connectivity index (χ0) is 21.3. The topological polar surface area (TPSA) is 91.8 Å². The lowest BCUT2D eigenvalue weighted by Gasteiger charge is -2.17. The van der Waals surface area contributed by atoms with E-state index in [1.165, 1.54) is 25.2 Å². The number of guanidine groups is 1. The summed E-state index contributed by atoms with van der Waals surface area (Å²) < 4.78 is 44.9. The van der Waals surface area contributed by atoms with Gasteiger partial charge in [0.15, 0.2) is 5.96 Å². The van der Waals surface area contributed by atoms with Gasteiger partial charge in [-0.2, -0.15) is 0 Å². The van der Waals surface area contributed by atoms with Crippen LogP contribution in [0.25, 0.3) is 0 Å². The zero-order valence-corrected chi connectivity index (χ0v) is 20.3. The molecule has 2 aromatic rings. The molecule has 0 heterocycles. The number of nitrogens with zero attached hydrogens (tertiary/aromatic N) is 1. The van der Waals surface area contributed by atoms with Crippen LogP contribution in [-0.4, -0.2) is 40.6 Å². The summed E-state index contributed by atoms with van der Waals surface area (Å²) in [6, 6.07) is 12.5. The fourth-order valence-corrected chi connectivity index (χ4v) is 3.27. The fraction of sp³-hybridized carbons (Fsp3) is 0.350. The number of rotatable bonds is 9. The smallest absolute Gasteiger partial charge is 0.240 e. The van der Waals surface area contributed by atoms with E-state index in [0.29, 0.717) is 31.3 Å². The highest BCUT2D eigenvalue weighted by atomic mass is 127. The molecular formula is C20H28FIN4O3S. The van der Waals surface area contributed by atoms with Gasteiger partial charge in [0.1, 0.15) is 17.7 Å². The Bertz CT molecular complexity index is 924. The maximum Gasteiger partial charge on any atom is 0.240 e. The van der Waals surface area contributed by atoms with Gasteiger partial charge in [-0.25, -0.2) is 22.5 Å². The third kappa shape index (κ3) is 8.44. The number of benzene rings is 2. The lowest BCUT2D eigenvalue weighted by molar-refractivity contribution is 0.223. The molecule has 3 N–H and O–H groups in total. The second kappa shape index (κ2) is 12.7. The van der Waals surface area contributed by atoms with E-state index in [-0.39, 0.29) is 40.8 Å². The van der Waals surface area contributed by atoms with Crippen LogP contribution in [0.15, 0.2) is 58.4 Å². The molecule has 0 aromatic heterocycles. The first-order valence-corrected chi connectivity index (χ1v) is 10.8. The fourth-order valence-electron chi connectivity index (χ4n) is 2.47. The summed E-state index contributed by atoms with van der Waals surface area (Å²) >= 11 is 0. The molecule has 0 fully saturated rings. The standard InChI is InChI=1S/C20H27FN4O3S.HI/c1-4-23-20(24-13-15(2)28-18-10-8-17(21)9-11-18)25-14-16-6-5-7-19(12-16)29(26,27)22-3;/h5-12,15,22H,4,13-14H2,1-3H3,(H2,23,24,25);1H. The Morgan fingerprint density at radius 1 is 1.17 bits per heavy atom. The molecule has 2 aromatic carbocycles. The number of hydrogen-bond donors (Lipinski definition) is 3. The zero-order valence-electron chi connectivity index (χ0n) is 17.2. The maximum absolute atomic E-state index is 13.0. The number of aliphatic imine (C=N–C) groups is 1. The van der Waals surface area contributed by atoms with Gasteiger partial charge in [0, 0.05) is 6.54 Å². The van der Waals surface area contributed by atoms with Crippen LogP contribution in [0.1, 0.15) is 19.4 Å². The molecule has 0 aliphatic rings. The first-order chi connectivity index (χ1) is 13.8. The van der Waals surface area contributed by atoms with E-state index >= 15 is 0 Å². The lowest BCUT2D eigenvalue weighted by Crippen LogP contribution is -2.41. The molecule has 1 unspecified atom stereocenters. The highest BCUT2D eigenvalue weighted by Crippen LogP contribution is 2.13. The van der Waals surface area contributed by atoms with Crippen molar-refractivity contribution in [3.8, 4) is 5.75 Å². The third-order valence-electron chi connectivity index (χ3n) is 3.95. The molecule has 0 spiro atoms. The SMILES string of the molecule is CCNC(=NCc1cccc(S(=O)(=O)NC)c1)NCC(C)Oc1ccc(F)cc1.I. The van der Waals surface area contributed by atoms with E-state index < -0.39 is 10.0 Å². The Hall–Kier alpha value is -1.92.